The summed E-state index contributed by atoms with van der Waals surface area (Å²) in [5, 5.41) is 40.2. The van der Waals surface area contributed by atoms with Gasteiger partial charge in [-0.2, -0.15) is 0 Å². The van der Waals surface area contributed by atoms with E-state index in [1.807, 2.05) is 52.3 Å². The first-order chi connectivity index (χ1) is 14.1. The van der Waals surface area contributed by atoms with E-state index >= 15 is 0 Å². The van der Waals surface area contributed by atoms with E-state index in [-0.39, 0.29) is 26.4 Å². The zero-order valence-corrected chi connectivity index (χ0v) is 16.7. The fraction of sp³-hybridized carbons (Fsp3) is 0.429. The minimum absolute atomic E-state index is 0.00783. The average Bonchev–Trinajstić information content (AvgIpc) is 2.73. The number of rotatable bonds is 13. The van der Waals surface area contributed by atoms with E-state index in [9.17, 15) is 10.2 Å². The van der Waals surface area contributed by atoms with Crippen molar-refractivity contribution in [2.45, 2.75) is 6.54 Å². The van der Waals surface area contributed by atoms with Crippen molar-refractivity contribution in [3.8, 4) is 0 Å². The summed E-state index contributed by atoms with van der Waals surface area (Å²) in [6, 6.07) is 13.5. The van der Waals surface area contributed by atoms with Crippen LogP contribution in [-0.2, 0) is 6.54 Å². The van der Waals surface area contributed by atoms with Gasteiger partial charge in [-0.25, -0.2) is 0 Å². The highest BCUT2D eigenvalue weighted by atomic mass is 16.3. The van der Waals surface area contributed by atoms with Crippen LogP contribution in [0.15, 0.2) is 42.5 Å². The molecule has 0 aromatic heterocycles. The van der Waals surface area contributed by atoms with Gasteiger partial charge in [0.15, 0.2) is 0 Å². The standard InChI is InChI=1S/C21H32N4O4/c22-21-6-5-20(25(9-13-28)10-14-29)15-17(21)16-23-18-1-3-19(4-2-18)24(7-11-26)8-12-27/h1-6,15,23,26-29H,7-14,16,22H2. The van der Waals surface area contributed by atoms with Gasteiger partial charge in [-0.05, 0) is 48.0 Å². The Morgan fingerprint density at radius 1 is 0.690 bits per heavy atom. The van der Waals surface area contributed by atoms with Gasteiger partial charge in [0.1, 0.15) is 0 Å². The normalized spacial score (nSPS) is 10.8. The molecule has 0 heterocycles. The molecule has 7 N–H and O–H groups in total. The molecule has 0 aliphatic rings. The van der Waals surface area contributed by atoms with Crippen molar-refractivity contribution in [1.29, 1.82) is 0 Å². The lowest BCUT2D eigenvalue weighted by atomic mass is 10.1. The van der Waals surface area contributed by atoms with Crippen molar-refractivity contribution < 1.29 is 20.4 Å². The number of benzene rings is 2. The second-order valence-corrected chi connectivity index (χ2v) is 6.65. The van der Waals surface area contributed by atoms with Crippen molar-refractivity contribution in [3.63, 3.8) is 0 Å². The van der Waals surface area contributed by atoms with Crippen molar-refractivity contribution >= 4 is 22.7 Å². The monoisotopic (exact) mass is 404 g/mol. The molecule has 0 saturated heterocycles. The Morgan fingerprint density at radius 3 is 1.69 bits per heavy atom. The molecular formula is C21H32N4O4. The second-order valence-electron chi connectivity index (χ2n) is 6.65. The summed E-state index contributed by atoms with van der Waals surface area (Å²) in [5.41, 5.74) is 10.5. The molecule has 29 heavy (non-hydrogen) atoms. The molecule has 0 amide bonds. The molecule has 8 heteroatoms. The summed E-state index contributed by atoms with van der Waals surface area (Å²) in [7, 11) is 0. The minimum atomic E-state index is 0.00783. The van der Waals surface area contributed by atoms with Crippen LogP contribution in [0.25, 0.3) is 0 Å². The number of hydrogen-bond acceptors (Lipinski definition) is 8. The summed E-state index contributed by atoms with van der Waals surface area (Å²) >= 11 is 0. The van der Waals surface area contributed by atoms with Gasteiger partial charge < -0.3 is 41.3 Å². The predicted molar refractivity (Wildman–Crippen MR) is 117 cm³/mol. The van der Waals surface area contributed by atoms with Gasteiger partial charge in [0, 0.05) is 55.5 Å². The first-order valence-electron chi connectivity index (χ1n) is 9.78. The molecule has 0 saturated carbocycles. The average molecular weight is 405 g/mol. The van der Waals surface area contributed by atoms with Crippen LogP contribution in [-0.4, -0.2) is 73.0 Å². The van der Waals surface area contributed by atoms with Crippen molar-refractivity contribution in [1.82, 2.24) is 0 Å². The topological polar surface area (TPSA) is 125 Å². The fourth-order valence-electron chi connectivity index (χ4n) is 3.15. The molecule has 160 valence electrons. The van der Waals surface area contributed by atoms with Gasteiger partial charge in [-0.1, -0.05) is 0 Å². The van der Waals surface area contributed by atoms with Crippen LogP contribution in [0.5, 0.6) is 0 Å². The number of aliphatic hydroxyl groups excluding tert-OH is 4. The quantitative estimate of drug-likeness (QED) is 0.266. The van der Waals surface area contributed by atoms with Gasteiger partial charge in [-0.3, -0.25) is 0 Å². The predicted octanol–water partition coefficient (Wildman–Crippen LogP) is 0.463. The third-order valence-electron chi connectivity index (χ3n) is 4.69. The van der Waals surface area contributed by atoms with Crippen molar-refractivity contribution in [2.24, 2.45) is 0 Å². The molecule has 2 aromatic rings. The Bertz CT molecular complexity index is 715. The van der Waals surface area contributed by atoms with Gasteiger partial charge >= 0.3 is 0 Å². The Labute approximate surface area is 171 Å². The molecule has 8 nitrogen and oxygen atoms in total. The van der Waals surface area contributed by atoms with Crippen LogP contribution in [0, 0.1) is 0 Å². The molecule has 0 unspecified atom stereocenters. The van der Waals surface area contributed by atoms with E-state index in [1.54, 1.807) is 0 Å². The van der Waals surface area contributed by atoms with Crippen molar-refractivity contribution in [3.05, 3.63) is 48.0 Å². The highest BCUT2D eigenvalue weighted by Crippen LogP contribution is 2.23. The van der Waals surface area contributed by atoms with Crippen LogP contribution in [0.3, 0.4) is 0 Å². The summed E-state index contributed by atoms with van der Waals surface area (Å²) in [6.45, 7) is 2.42. The first-order valence-corrected chi connectivity index (χ1v) is 9.78. The zero-order valence-electron chi connectivity index (χ0n) is 16.7. The maximum absolute atomic E-state index is 9.24. The number of hydrogen-bond donors (Lipinski definition) is 6. The zero-order chi connectivity index (χ0) is 21.1. The highest BCUT2D eigenvalue weighted by Gasteiger charge is 2.09. The maximum atomic E-state index is 9.24. The van der Waals surface area contributed by atoms with E-state index in [0.29, 0.717) is 38.4 Å². The number of aliphatic hydroxyl groups is 4. The van der Waals surface area contributed by atoms with E-state index in [0.717, 1.165) is 22.6 Å². The molecule has 2 rings (SSSR count). The number of nitrogens with one attached hydrogen (secondary N) is 1. The van der Waals surface area contributed by atoms with E-state index in [1.165, 1.54) is 0 Å². The number of nitrogens with zero attached hydrogens (tertiary/aromatic N) is 2. The molecule has 0 spiro atoms. The minimum Gasteiger partial charge on any atom is -0.398 e. The third-order valence-corrected chi connectivity index (χ3v) is 4.69. The van der Waals surface area contributed by atoms with Crippen LogP contribution in [0.4, 0.5) is 22.7 Å². The second kappa shape index (κ2) is 12.1. The third kappa shape index (κ3) is 6.79. The highest BCUT2D eigenvalue weighted by molar-refractivity contribution is 5.60. The lowest BCUT2D eigenvalue weighted by molar-refractivity contribution is 0.280. The summed E-state index contributed by atoms with van der Waals surface area (Å²) in [5.74, 6) is 0. The first kappa shape index (κ1) is 22.8. The molecule has 0 radical (unpaired) electrons. The summed E-state index contributed by atoms with van der Waals surface area (Å²) in [4.78, 5) is 3.83. The molecule has 0 aliphatic carbocycles. The van der Waals surface area contributed by atoms with Gasteiger partial charge in [0.25, 0.3) is 0 Å². The van der Waals surface area contributed by atoms with E-state index in [2.05, 4.69) is 5.32 Å². The van der Waals surface area contributed by atoms with Crippen LogP contribution in [0.2, 0.25) is 0 Å². The molecule has 0 bridgehead atoms. The van der Waals surface area contributed by atoms with Gasteiger partial charge in [0.05, 0.1) is 26.4 Å². The number of anilines is 4. The summed E-state index contributed by atoms with van der Waals surface area (Å²) in [6.07, 6.45) is 0. The van der Waals surface area contributed by atoms with E-state index < -0.39 is 0 Å². The Kier molecular flexibility index (Phi) is 9.52. The number of nitrogens with two attached hydrogens (primary N) is 1. The van der Waals surface area contributed by atoms with Crippen LogP contribution < -0.4 is 20.9 Å². The fourth-order valence-corrected chi connectivity index (χ4v) is 3.15. The molecule has 2 aromatic carbocycles. The summed E-state index contributed by atoms with van der Waals surface area (Å²) < 4.78 is 0. The van der Waals surface area contributed by atoms with Gasteiger partial charge in [0.2, 0.25) is 0 Å². The van der Waals surface area contributed by atoms with Gasteiger partial charge in [-0.15, -0.1) is 0 Å². The Balaban J connectivity index is 2.06. The lowest BCUT2D eigenvalue weighted by Crippen LogP contribution is -2.29. The largest absolute Gasteiger partial charge is 0.398 e. The smallest absolute Gasteiger partial charge is 0.0606 e. The van der Waals surface area contributed by atoms with Crippen molar-refractivity contribution in [2.75, 3.05) is 73.5 Å². The van der Waals surface area contributed by atoms with E-state index in [4.69, 9.17) is 15.9 Å². The Hall–Kier alpha value is -2.52. The van der Waals surface area contributed by atoms with Crippen LogP contribution in [0.1, 0.15) is 5.56 Å². The molecule has 0 aliphatic heterocycles. The molecule has 0 atom stereocenters. The number of nitrogen functional groups attached to an aromatic ring is 1. The SMILES string of the molecule is Nc1ccc(N(CCO)CCO)cc1CNc1ccc(N(CCO)CCO)cc1. The maximum Gasteiger partial charge on any atom is 0.0606 e. The lowest BCUT2D eigenvalue weighted by Gasteiger charge is -2.24. The molecule has 0 fully saturated rings. The molecular weight excluding hydrogens is 372 g/mol. The van der Waals surface area contributed by atoms with Crippen LogP contribution >= 0.6 is 0 Å². The Morgan fingerprint density at radius 2 is 1.17 bits per heavy atom.